The second-order valence-corrected chi connectivity index (χ2v) is 8.17. The van der Waals surface area contributed by atoms with Crippen molar-refractivity contribution in [3.8, 4) is 5.75 Å². The molecule has 1 aliphatic carbocycles. The molecule has 1 aliphatic heterocycles. The second-order valence-electron chi connectivity index (χ2n) is 8.17. The number of carbonyl (C=O) groups excluding carboxylic acids is 1. The topological polar surface area (TPSA) is 49.8 Å². The van der Waals surface area contributed by atoms with Crippen molar-refractivity contribution in [1.29, 1.82) is 0 Å². The highest BCUT2D eigenvalue weighted by Crippen LogP contribution is 2.49. The van der Waals surface area contributed by atoms with Crippen molar-refractivity contribution >= 4 is 5.91 Å². The lowest BCUT2D eigenvalue weighted by Crippen LogP contribution is -2.56. The largest absolute Gasteiger partial charge is 0.497 e. The summed E-state index contributed by atoms with van der Waals surface area (Å²) < 4.78 is 5.31. The summed E-state index contributed by atoms with van der Waals surface area (Å²) in [5, 5.41) is 11.4. The van der Waals surface area contributed by atoms with Crippen LogP contribution in [0.5, 0.6) is 5.75 Å². The molecule has 4 heteroatoms. The maximum absolute atomic E-state index is 13.3. The van der Waals surface area contributed by atoms with Crippen LogP contribution >= 0.6 is 0 Å². The van der Waals surface area contributed by atoms with Crippen molar-refractivity contribution in [3.05, 3.63) is 65.7 Å². The number of benzene rings is 2. The van der Waals surface area contributed by atoms with Crippen molar-refractivity contribution in [2.24, 2.45) is 5.92 Å². The first-order valence-electron chi connectivity index (χ1n) is 10.3. The fraction of sp³-hybridized carbons (Fsp3) is 0.458. The molecule has 148 valence electrons. The van der Waals surface area contributed by atoms with Gasteiger partial charge in [-0.15, -0.1) is 0 Å². The Labute approximate surface area is 167 Å². The fourth-order valence-corrected chi connectivity index (χ4v) is 5.05. The molecule has 1 N–H and O–H groups in total. The molecule has 2 aromatic carbocycles. The Hall–Kier alpha value is -2.33. The van der Waals surface area contributed by atoms with E-state index in [9.17, 15) is 9.90 Å². The van der Waals surface area contributed by atoms with Gasteiger partial charge < -0.3 is 14.7 Å². The van der Waals surface area contributed by atoms with E-state index in [4.69, 9.17) is 4.74 Å². The quantitative estimate of drug-likeness (QED) is 0.869. The summed E-state index contributed by atoms with van der Waals surface area (Å²) in [4.78, 5) is 15.3. The number of amides is 1. The first-order valence-corrected chi connectivity index (χ1v) is 10.3. The van der Waals surface area contributed by atoms with Gasteiger partial charge in [0.1, 0.15) is 5.75 Å². The van der Waals surface area contributed by atoms with Crippen LogP contribution in [0.3, 0.4) is 0 Å². The molecule has 4 rings (SSSR count). The van der Waals surface area contributed by atoms with Crippen LogP contribution in [0.15, 0.2) is 54.6 Å². The number of carbonyl (C=O) groups is 1. The van der Waals surface area contributed by atoms with Crippen molar-refractivity contribution < 1.29 is 14.6 Å². The number of hydrogen-bond acceptors (Lipinski definition) is 3. The van der Waals surface area contributed by atoms with E-state index in [-0.39, 0.29) is 17.9 Å². The third kappa shape index (κ3) is 3.66. The van der Waals surface area contributed by atoms with Gasteiger partial charge in [0.25, 0.3) is 0 Å². The summed E-state index contributed by atoms with van der Waals surface area (Å²) in [5.41, 5.74) is 1.46. The van der Waals surface area contributed by atoms with E-state index in [1.807, 2.05) is 59.5 Å². The van der Waals surface area contributed by atoms with Crippen LogP contribution in [-0.2, 0) is 11.2 Å². The van der Waals surface area contributed by atoms with Gasteiger partial charge in [-0.05, 0) is 42.5 Å². The van der Waals surface area contributed by atoms with Gasteiger partial charge in [-0.1, -0.05) is 55.3 Å². The van der Waals surface area contributed by atoms with Gasteiger partial charge in [-0.3, -0.25) is 4.79 Å². The SMILES string of the molecule is COc1ccc([C@H]2[C@H]3CCCC[C@@]3(O)CCN2C(=O)Cc2ccccc2)cc1. The van der Waals surface area contributed by atoms with Crippen LogP contribution < -0.4 is 4.74 Å². The van der Waals surface area contributed by atoms with E-state index in [0.717, 1.165) is 42.6 Å². The number of ether oxygens (including phenoxy) is 1. The molecular weight excluding hydrogens is 350 g/mol. The fourth-order valence-electron chi connectivity index (χ4n) is 5.05. The predicted octanol–water partition coefficient (Wildman–Crippen LogP) is 4.13. The van der Waals surface area contributed by atoms with Gasteiger partial charge in [0, 0.05) is 12.5 Å². The summed E-state index contributed by atoms with van der Waals surface area (Å²) >= 11 is 0. The number of hydrogen-bond donors (Lipinski definition) is 1. The van der Waals surface area contributed by atoms with Crippen molar-refractivity contribution in [3.63, 3.8) is 0 Å². The minimum Gasteiger partial charge on any atom is -0.497 e. The Morgan fingerprint density at radius 2 is 1.86 bits per heavy atom. The minimum atomic E-state index is -0.660. The average molecular weight is 380 g/mol. The first kappa shape index (κ1) is 19.0. The maximum Gasteiger partial charge on any atom is 0.227 e. The maximum atomic E-state index is 13.3. The molecule has 0 radical (unpaired) electrons. The number of methoxy groups -OCH3 is 1. The number of piperidine rings is 1. The number of likely N-dealkylation sites (tertiary alicyclic amines) is 1. The molecule has 1 amide bonds. The Balaban J connectivity index is 1.66. The number of fused-ring (bicyclic) bond motifs is 1. The molecule has 2 aliphatic rings. The minimum absolute atomic E-state index is 0.0823. The van der Waals surface area contributed by atoms with Gasteiger partial charge in [0.2, 0.25) is 5.91 Å². The molecule has 0 unspecified atom stereocenters. The molecule has 0 aromatic heterocycles. The van der Waals surface area contributed by atoms with E-state index in [0.29, 0.717) is 19.4 Å². The van der Waals surface area contributed by atoms with Crippen LogP contribution in [0.1, 0.15) is 49.3 Å². The highest BCUT2D eigenvalue weighted by atomic mass is 16.5. The van der Waals surface area contributed by atoms with Crippen molar-refractivity contribution in [2.75, 3.05) is 13.7 Å². The van der Waals surface area contributed by atoms with E-state index >= 15 is 0 Å². The normalized spacial score (nSPS) is 27.1. The molecule has 0 spiro atoms. The van der Waals surface area contributed by atoms with Crippen molar-refractivity contribution in [2.45, 2.75) is 50.2 Å². The number of nitrogens with zero attached hydrogens (tertiary/aromatic N) is 1. The van der Waals surface area contributed by atoms with Gasteiger partial charge in [0.05, 0.1) is 25.2 Å². The van der Waals surface area contributed by atoms with Crippen LogP contribution in [-0.4, -0.2) is 35.2 Å². The second kappa shape index (κ2) is 7.96. The first-order chi connectivity index (χ1) is 13.6. The van der Waals surface area contributed by atoms with Crippen molar-refractivity contribution in [1.82, 2.24) is 4.90 Å². The molecule has 3 atom stereocenters. The molecule has 2 aromatic rings. The van der Waals surface area contributed by atoms with E-state index in [1.54, 1.807) is 7.11 Å². The lowest BCUT2D eigenvalue weighted by molar-refractivity contribution is -0.154. The molecule has 4 nitrogen and oxygen atoms in total. The van der Waals surface area contributed by atoms with E-state index < -0.39 is 5.60 Å². The third-order valence-electron chi connectivity index (χ3n) is 6.54. The Morgan fingerprint density at radius 3 is 2.57 bits per heavy atom. The van der Waals surface area contributed by atoms with Crippen LogP contribution in [0, 0.1) is 5.92 Å². The van der Waals surface area contributed by atoms with Gasteiger partial charge in [0.15, 0.2) is 0 Å². The van der Waals surface area contributed by atoms with Crippen LogP contribution in [0.2, 0.25) is 0 Å². The van der Waals surface area contributed by atoms with Gasteiger partial charge >= 0.3 is 0 Å². The summed E-state index contributed by atoms with van der Waals surface area (Å²) in [6, 6.07) is 17.8. The Kier molecular flexibility index (Phi) is 5.40. The molecule has 1 saturated heterocycles. The predicted molar refractivity (Wildman–Crippen MR) is 109 cm³/mol. The highest BCUT2D eigenvalue weighted by molar-refractivity contribution is 5.79. The summed E-state index contributed by atoms with van der Waals surface area (Å²) in [6.07, 6.45) is 5.05. The van der Waals surface area contributed by atoms with Gasteiger partial charge in [-0.2, -0.15) is 0 Å². The monoisotopic (exact) mass is 379 g/mol. The van der Waals surface area contributed by atoms with E-state index in [2.05, 4.69) is 0 Å². The Bertz CT molecular complexity index is 804. The summed E-state index contributed by atoms with van der Waals surface area (Å²) in [7, 11) is 1.66. The Morgan fingerprint density at radius 1 is 1.11 bits per heavy atom. The summed E-state index contributed by atoms with van der Waals surface area (Å²) in [6.45, 7) is 0.607. The number of aliphatic hydroxyl groups is 1. The zero-order chi connectivity index (χ0) is 19.6. The lowest BCUT2D eigenvalue weighted by atomic mass is 9.66. The molecule has 2 fully saturated rings. The molecular formula is C24H29NO3. The van der Waals surface area contributed by atoms with Crippen LogP contribution in [0.25, 0.3) is 0 Å². The number of rotatable bonds is 4. The summed E-state index contributed by atoms with van der Waals surface area (Å²) in [5.74, 6) is 1.03. The molecule has 28 heavy (non-hydrogen) atoms. The smallest absolute Gasteiger partial charge is 0.227 e. The zero-order valence-electron chi connectivity index (χ0n) is 16.5. The molecule has 1 saturated carbocycles. The standard InChI is InChI=1S/C24H29NO3/c1-28-20-12-10-19(11-13-20)23-21-9-5-6-14-24(21,27)15-16-25(23)22(26)17-18-7-3-2-4-8-18/h2-4,7-8,10-13,21,23,27H,5-6,9,14-17H2,1H3/t21-,23+,24-/m1/s1. The van der Waals surface area contributed by atoms with E-state index in [1.165, 1.54) is 0 Å². The molecule has 0 bridgehead atoms. The lowest BCUT2D eigenvalue weighted by Gasteiger charge is -2.52. The average Bonchev–Trinajstić information content (AvgIpc) is 2.73. The van der Waals surface area contributed by atoms with Gasteiger partial charge in [-0.25, -0.2) is 0 Å². The van der Waals surface area contributed by atoms with Crippen LogP contribution in [0.4, 0.5) is 0 Å². The zero-order valence-corrected chi connectivity index (χ0v) is 16.5. The molecule has 1 heterocycles. The third-order valence-corrected chi connectivity index (χ3v) is 6.54. The highest BCUT2D eigenvalue weighted by Gasteiger charge is 2.50.